The number of hydroxylamine groups is 1. The van der Waals surface area contributed by atoms with Gasteiger partial charge < -0.3 is 10.1 Å². The average Bonchev–Trinajstić information content (AvgIpc) is 2.84. The lowest BCUT2D eigenvalue weighted by Gasteiger charge is -2.41. The van der Waals surface area contributed by atoms with Crippen LogP contribution in [0.3, 0.4) is 0 Å². The van der Waals surface area contributed by atoms with Crippen LogP contribution in [0, 0.1) is 12.8 Å². The van der Waals surface area contributed by atoms with Crippen LogP contribution in [0.4, 0.5) is 0 Å². The molecule has 3 N–H and O–H groups in total. The number of nitrogens with zero attached hydrogens (tertiary/aromatic N) is 2. The highest BCUT2D eigenvalue weighted by Gasteiger charge is 2.29. The maximum atomic E-state index is 12.6. The summed E-state index contributed by atoms with van der Waals surface area (Å²) in [7, 11) is 0. The molecule has 1 aromatic heterocycles. The van der Waals surface area contributed by atoms with E-state index in [0.717, 1.165) is 41.8 Å². The lowest BCUT2D eigenvalue weighted by Crippen LogP contribution is -2.59. The number of rotatable bonds is 10. The van der Waals surface area contributed by atoms with Crippen LogP contribution in [0.1, 0.15) is 41.4 Å². The molecule has 8 nitrogen and oxygen atoms in total. The number of hydrogen-bond acceptors (Lipinski definition) is 6. The maximum Gasteiger partial charge on any atom is 0.251 e. The van der Waals surface area contributed by atoms with Crippen molar-refractivity contribution in [1.29, 1.82) is 0 Å². The van der Waals surface area contributed by atoms with E-state index in [1.807, 2.05) is 49.4 Å². The monoisotopic (exact) mass is 476 g/mol. The first-order valence-corrected chi connectivity index (χ1v) is 12.0. The molecule has 1 saturated heterocycles. The van der Waals surface area contributed by atoms with Gasteiger partial charge in [-0.3, -0.25) is 24.7 Å². The number of aryl methyl sites for hydroxylation is 1. The highest BCUT2D eigenvalue weighted by atomic mass is 16.5. The molecule has 3 aromatic rings. The second kappa shape index (κ2) is 11.3. The number of para-hydroxylation sites is 1. The van der Waals surface area contributed by atoms with Crippen LogP contribution in [0.25, 0.3) is 10.9 Å². The Balaban J connectivity index is 1.23. The Hall–Kier alpha value is -3.49. The minimum absolute atomic E-state index is 0.0929. The Morgan fingerprint density at radius 1 is 1.17 bits per heavy atom. The van der Waals surface area contributed by atoms with Gasteiger partial charge in [-0.1, -0.05) is 25.1 Å². The molecule has 35 heavy (non-hydrogen) atoms. The molecular formula is C27H32N4O4. The molecular weight excluding hydrogens is 444 g/mol. The largest absolute Gasteiger partial charge is 0.489 e. The Morgan fingerprint density at radius 2 is 1.91 bits per heavy atom. The maximum absolute atomic E-state index is 12.6. The molecule has 2 amide bonds. The van der Waals surface area contributed by atoms with Crippen molar-refractivity contribution in [2.24, 2.45) is 5.92 Å². The smallest absolute Gasteiger partial charge is 0.251 e. The highest BCUT2D eigenvalue weighted by molar-refractivity contribution is 5.94. The van der Waals surface area contributed by atoms with Crippen LogP contribution < -0.4 is 15.5 Å². The number of carbonyl (C=O) groups excluding carboxylic acids is 2. The number of likely N-dealkylation sites (tertiary alicyclic amines) is 1. The van der Waals surface area contributed by atoms with Gasteiger partial charge in [-0.15, -0.1) is 0 Å². The van der Waals surface area contributed by atoms with Crippen molar-refractivity contribution in [3.05, 3.63) is 71.4 Å². The van der Waals surface area contributed by atoms with Gasteiger partial charge in [0.2, 0.25) is 5.91 Å². The zero-order valence-electron chi connectivity index (χ0n) is 20.2. The van der Waals surface area contributed by atoms with E-state index < -0.39 is 0 Å². The van der Waals surface area contributed by atoms with E-state index in [1.165, 1.54) is 0 Å². The number of ether oxygens (including phenoxy) is 1. The zero-order chi connectivity index (χ0) is 24.8. The minimum Gasteiger partial charge on any atom is -0.489 e. The van der Waals surface area contributed by atoms with Crippen molar-refractivity contribution in [2.45, 2.75) is 39.3 Å². The first-order chi connectivity index (χ1) is 16.9. The number of hydrogen-bond donors (Lipinski definition) is 3. The highest BCUT2D eigenvalue weighted by Crippen LogP contribution is 2.21. The normalized spacial score (nSPS) is 14.8. The third kappa shape index (κ3) is 6.55. The molecule has 184 valence electrons. The quantitative estimate of drug-likeness (QED) is 0.306. The molecule has 0 radical (unpaired) electrons. The summed E-state index contributed by atoms with van der Waals surface area (Å²) in [6.45, 7) is 6.94. The molecule has 8 heteroatoms. The molecule has 0 bridgehead atoms. The summed E-state index contributed by atoms with van der Waals surface area (Å²) in [6, 6.07) is 17.4. The van der Waals surface area contributed by atoms with Crippen molar-refractivity contribution in [3.8, 4) is 5.75 Å². The van der Waals surface area contributed by atoms with Crippen LogP contribution in [-0.4, -0.2) is 52.6 Å². The summed E-state index contributed by atoms with van der Waals surface area (Å²) in [5.41, 5.74) is 5.25. The Labute approximate surface area is 205 Å². The average molecular weight is 477 g/mol. The van der Waals surface area contributed by atoms with Crippen LogP contribution in [-0.2, 0) is 11.4 Å². The lowest BCUT2D eigenvalue weighted by molar-refractivity contribution is -0.129. The molecule has 0 saturated carbocycles. The number of fused-ring (bicyclic) bond motifs is 1. The Bertz CT molecular complexity index is 1180. The first kappa shape index (κ1) is 24.6. The van der Waals surface area contributed by atoms with Gasteiger partial charge in [0, 0.05) is 48.3 Å². The molecule has 1 unspecified atom stereocenters. The van der Waals surface area contributed by atoms with E-state index in [9.17, 15) is 9.59 Å². The predicted octanol–water partition coefficient (Wildman–Crippen LogP) is 3.46. The van der Waals surface area contributed by atoms with Gasteiger partial charge in [0.15, 0.2) is 0 Å². The van der Waals surface area contributed by atoms with E-state index in [-0.39, 0.29) is 17.9 Å². The number of amides is 2. The molecule has 1 atom stereocenters. The van der Waals surface area contributed by atoms with Crippen LogP contribution in [0.5, 0.6) is 5.75 Å². The van der Waals surface area contributed by atoms with Crippen molar-refractivity contribution in [1.82, 2.24) is 20.7 Å². The lowest BCUT2D eigenvalue weighted by atomic mass is 10.0. The van der Waals surface area contributed by atoms with Crippen molar-refractivity contribution in [3.63, 3.8) is 0 Å². The molecule has 1 fully saturated rings. The minimum atomic E-state index is -0.358. The Morgan fingerprint density at radius 3 is 2.66 bits per heavy atom. The third-order valence-corrected chi connectivity index (χ3v) is 6.29. The van der Waals surface area contributed by atoms with Crippen molar-refractivity contribution >= 4 is 22.7 Å². The fraction of sp³-hybridized carbons (Fsp3) is 0.370. The number of nitrogens with one attached hydrogen (secondary N) is 2. The van der Waals surface area contributed by atoms with E-state index in [0.29, 0.717) is 36.7 Å². The number of pyridine rings is 1. The first-order valence-electron chi connectivity index (χ1n) is 12.0. The third-order valence-electron chi connectivity index (χ3n) is 6.29. The molecule has 4 rings (SSSR count). The molecule has 2 heterocycles. The van der Waals surface area contributed by atoms with Gasteiger partial charge in [0.1, 0.15) is 12.4 Å². The number of aromatic nitrogens is 1. The zero-order valence-corrected chi connectivity index (χ0v) is 20.2. The second-order valence-electron chi connectivity index (χ2n) is 9.32. The molecule has 1 aliphatic rings. The standard InChI is InChI=1S/C27H32N4O4/c1-18(7-12-26(32)30-34)14-31-15-22(16-31)29-27(33)20-8-10-23(11-9-20)35-17-21-13-19(2)28-25-6-4-3-5-24(21)25/h3-6,8-11,13,18,22,34H,7,12,14-17H2,1-2H3,(H,29,33)(H,30,32). The predicted molar refractivity (Wildman–Crippen MR) is 133 cm³/mol. The van der Waals surface area contributed by atoms with Gasteiger partial charge in [-0.2, -0.15) is 0 Å². The summed E-state index contributed by atoms with van der Waals surface area (Å²) >= 11 is 0. The summed E-state index contributed by atoms with van der Waals surface area (Å²) in [5.74, 6) is 0.594. The topological polar surface area (TPSA) is 104 Å². The van der Waals surface area contributed by atoms with Gasteiger partial charge in [-0.05, 0) is 55.7 Å². The van der Waals surface area contributed by atoms with E-state index >= 15 is 0 Å². The van der Waals surface area contributed by atoms with Crippen molar-refractivity contribution < 1.29 is 19.5 Å². The summed E-state index contributed by atoms with van der Waals surface area (Å²) in [5, 5.41) is 12.7. The fourth-order valence-electron chi connectivity index (χ4n) is 4.42. The van der Waals surface area contributed by atoms with E-state index in [4.69, 9.17) is 9.94 Å². The fourth-order valence-corrected chi connectivity index (χ4v) is 4.42. The van der Waals surface area contributed by atoms with E-state index in [2.05, 4.69) is 22.1 Å². The summed E-state index contributed by atoms with van der Waals surface area (Å²) in [4.78, 5) is 30.6. The Kier molecular flexibility index (Phi) is 7.94. The molecule has 2 aromatic carbocycles. The second-order valence-corrected chi connectivity index (χ2v) is 9.32. The molecule has 0 spiro atoms. The van der Waals surface area contributed by atoms with Crippen molar-refractivity contribution in [2.75, 3.05) is 19.6 Å². The van der Waals surface area contributed by atoms with E-state index in [1.54, 1.807) is 17.6 Å². The number of carbonyl (C=O) groups is 2. The van der Waals surface area contributed by atoms with Crippen LogP contribution in [0.2, 0.25) is 0 Å². The summed E-state index contributed by atoms with van der Waals surface area (Å²) < 4.78 is 5.99. The van der Waals surface area contributed by atoms with Crippen LogP contribution >= 0.6 is 0 Å². The molecule has 0 aliphatic carbocycles. The molecule has 1 aliphatic heterocycles. The summed E-state index contributed by atoms with van der Waals surface area (Å²) in [6.07, 6.45) is 1.02. The van der Waals surface area contributed by atoms with Gasteiger partial charge in [-0.25, -0.2) is 5.48 Å². The van der Waals surface area contributed by atoms with Crippen LogP contribution in [0.15, 0.2) is 54.6 Å². The van der Waals surface area contributed by atoms with Gasteiger partial charge >= 0.3 is 0 Å². The van der Waals surface area contributed by atoms with Gasteiger partial charge in [0.05, 0.1) is 11.6 Å². The number of benzene rings is 2. The SMILES string of the molecule is Cc1cc(COc2ccc(C(=O)NC3CN(CC(C)CCC(=O)NO)C3)cc2)c2ccccc2n1. The van der Waals surface area contributed by atoms with Gasteiger partial charge in [0.25, 0.3) is 5.91 Å².